The maximum atomic E-state index is 12.6. The number of phenols is 1. The van der Waals surface area contributed by atoms with Gasteiger partial charge in [0, 0.05) is 17.0 Å². The lowest BCUT2D eigenvalue weighted by Crippen LogP contribution is -2.06. The van der Waals surface area contributed by atoms with Gasteiger partial charge in [-0.3, -0.25) is 0 Å². The van der Waals surface area contributed by atoms with Crippen molar-refractivity contribution >= 4 is 11.0 Å². The number of furan rings is 1. The van der Waals surface area contributed by atoms with Crippen LogP contribution in [0.2, 0.25) is 0 Å². The Bertz CT molecular complexity index is 900. The Labute approximate surface area is 142 Å². The summed E-state index contributed by atoms with van der Waals surface area (Å²) in [6.45, 7) is -2.43. The second kappa shape index (κ2) is 6.27. The number of rotatable bonds is 6. The van der Waals surface area contributed by atoms with Crippen LogP contribution < -0.4 is 9.47 Å². The molecule has 0 saturated heterocycles. The average Bonchev–Trinajstić information content (AvgIpc) is 3.31. The topological polar surface area (TPSA) is 51.8 Å². The van der Waals surface area contributed by atoms with Crippen LogP contribution in [0, 0.1) is 5.92 Å². The molecule has 1 aromatic heterocycles. The summed E-state index contributed by atoms with van der Waals surface area (Å²) in [5.41, 5.74) is 1.23. The minimum atomic E-state index is -2.91. The predicted octanol–water partition coefficient (Wildman–Crippen LogP) is 5.20. The number of benzene rings is 2. The fourth-order valence-electron chi connectivity index (χ4n) is 2.62. The van der Waals surface area contributed by atoms with Crippen LogP contribution in [0.15, 0.2) is 46.9 Å². The van der Waals surface area contributed by atoms with Crippen LogP contribution in [0.3, 0.4) is 0 Å². The SMILES string of the molecule is Oc1ccc2cc(-c3ccc(OC(F)F)c(OCC4CC4)c3)oc2c1. The summed E-state index contributed by atoms with van der Waals surface area (Å²) >= 11 is 0. The van der Waals surface area contributed by atoms with Gasteiger partial charge in [-0.25, -0.2) is 0 Å². The average molecular weight is 346 g/mol. The molecule has 25 heavy (non-hydrogen) atoms. The molecule has 0 atom stereocenters. The van der Waals surface area contributed by atoms with Crippen molar-refractivity contribution in [2.24, 2.45) is 5.92 Å². The van der Waals surface area contributed by atoms with Crippen molar-refractivity contribution < 1.29 is 27.8 Å². The van der Waals surface area contributed by atoms with Crippen molar-refractivity contribution in [3.8, 4) is 28.6 Å². The number of fused-ring (bicyclic) bond motifs is 1. The van der Waals surface area contributed by atoms with Crippen molar-refractivity contribution in [1.82, 2.24) is 0 Å². The van der Waals surface area contributed by atoms with E-state index in [9.17, 15) is 13.9 Å². The molecule has 1 N–H and O–H groups in total. The molecule has 0 radical (unpaired) electrons. The quantitative estimate of drug-likeness (QED) is 0.667. The van der Waals surface area contributed by atoms with E-state index in [1.54, 1.807) is 24.3 Å². The van der Waals surface area contributed by atoms with Gasteiger partial charge in [0.15, 0.2) is 11.5 Å². The van der Waals surface area contributed by atoms with E-state index in [1.165, 1.54) is 12.1 Å². The van der Waals surface area contributed by atoms with E-state index in [-0.39, 0.29) is 17.2 Å². The third-order valence-electron chi connectivity index (χ3n) is 4.12. The van der Waals surface area contributed by atoms with Crippen molar-refractivity contribution in [3.05, 3.63) is 42.5 Å². The zero-order valence-electron chi connectivity index (χ0n) is 13.2. The summed E-state index contributed by atoms with van der Waals surface area (Å²) in [5.74, 6) is 1.43. The number of halogens is 2. The number of hydrogen-bond acceptors (Lipinski definition) is 4. The Morgan fingerprint density at radius 3 is 2.68 bits per heavy atom. The molecule has 4 nitrogen and oxygen atoms in total. The molecule has 1 heterocycles. The van der Waals surface area contributed by atoms with E-state index in [0.717, 1.165) is 18.2 Å². The first-order valence-electron chi connectivity index (χ1n) is 8.03. The predicted molar refractivity (Wildman–Crippen MR) is 88.2 cm³/mol. The highest BCUT2D eigenvalue weighted by atomic mass is 19.3. The minimum absolute atomic E-state index is 0.00755. The molecular weight excluding hydrogens is 330 g/mol. The molecule has 0 amide bonds. The summed E-state index contributed by atoms with van der Waals surface area (Å²) in [7, 11) is 0. The molecule has 1 fully saturated rings. The summed E-state index contributed by atoms with van der Waals surface area (Å²) in [6, 6.07) is 11.4. The summed E-state index contributed by atoms with van der Waals surface area (Å²) in [5, 5.41) is 10.4. The Balaban J connectivity index is 1.68. The first-order valence-corrected chi connectivity index (χ1v) is 8.03. The van der Waals surface area contributed by atoms with E-state index in [1.807, 2.05) is 6.07 Å². The Morgan fingerprint density at radius 1 is 1.08 bits per heavy atom. The number of phenolic OH excluding ortho intramolecular Hbond substituents is 1. The van der Waals surface area contributed by atoms with Gasteiger partial charge in [-0.15, -0.1) is 0 Å². The molecular formula is C19H16F2O4. The number of alkyl halides is 2. The fourth-order valence-corrected chi connectivity index (χ4v) is 2.62. The number of hydrogen-bond donors (Lipinski definition) is 1. The number of aromatic hydroxyl groups is 1. The Hall–Kier alpha value is -2.76. The highest BCUT2D eigenvalue weighted by Crippen LogP contribution is 2.38. The van der Waals surface area contributed by atoms with E-state index >= 15 is 0 Å². The smallest absolute Gasteiger partial charge is 0.387 e. The third-order valence-corrected chi connectivity index (χ3v) is 4.12. The molecule has 4 rings (SSSR count). The molecule has 6 heteroatoms. The van der Waals surface area contributed by atoms with Gasteiger partial charge in [0.05, 0.1) is 6.61 Å². The van der Waals surface area contributed by atoms with Crippen LogP contribution in [0.4, 0.5) is 8.78 Å². The molecule has 0 bridgehead atoms. The van der Waals surface area contributed by atoms with Gasteiger partial charge < -0.3 is 19.0 Å². The maximum Gasteiger partial charge on any atom is 0.387 e. The van der Waals surface area contributed by atoms with Gasteiger partial charge in [-0.2, -0.15) is 8.78 Å². The molecule has 1 aliphatic carbocycles. The monoisotopic (exact) mass is 346 g/mol. The highest BCUT2D eigenvalue weighted by molar-refractivity contribution is 5.84. The van der Waals surface area contributed by atoms with Crippen molar-refractivity contribution in [1.29, 1.82) is 0 Å². The van der Waals surface area contributed by atoms with Crippen molar-refractivity contribution in [2.75, 3.05) is 6.61 Å². The summed E-state index contributed by atoms with van der Waals surface area (Å²) in [4.78, 5) is 0. The maximum absolute atomic E-state index is 12.6. The lowest BCUT2D eigenvalue weighted by Gasteiger charge is -2.13. The second-order valence-corrected chi connectivity index (χ2v) is 6.13. The first-order chi connectivity index (χ1) is 12.1. The molecule has 3 aromatic rings. The second-order valence-electron chi connectivity index (χ2n) is 6.13. The standard InChI is InChI=1S/C19H16F2O4/c20-19(21)25-15-6-4-13(8-18(15)23-10-11-1-2-11)16-7-12-3-5-14(22)9-17(12)24-16/h3-9,11,19,22H,1-2,10H2. The van der Waals surface area contributed by atoms with Crippen LogP contribution in [-0.2, 0) is 0 Å². The molecule has 1 aliphatic rings. The Kier molecular flexibility index (Phi) is 3.95. The van der Waals surface area contributed by atoms with Crippen LogP contribution in [0.1, 0.15) is 12.8 Å². The molecule has 2 aromatic carbocycles. The first kappa shape index (κ1) is 15.7. The van der Waals surface area contributed by atoms with Crippen LogP contribution in [0.5, 0.6) is 17.2 Å². The van der Waals surface area contributed by atoms with Gasteiger partial charge in [0.1, 0.15) is 17.1 Å². The zero-order valence-corrected chi connectivity index (χ0v) is 13.2. The van der Waals surface area contributed by atoms with E-state index in [4.69, 9.17) is 9.15 Å². The van der Waals surface area contributed by atoms with Crippen LogP contribution >= 0.6 is 0 Å². The van der Waals surface area contributed by atoms with Crippen molar-refractivity contribution in [2.45, 2.75) is 19.5 Å². The molecule has 0 aliphatic heterocycles. The number of ether oxygens (including phenoxy) is 2. The van der Waals surface area contributed by atoms with Gasteiger partial charge in [-0.1, -0.05) is 0 Å². The van der Waals surface area contributed by atoms with Crippen molar-refractivity contribution in [3.63, 3.8) is 0 Å². The highest BCUT2D eigenvalue weighted by Gasteiger charge is 2.23. The lowest BCUT2D eigenvalue weighted by molar-refractivity contribution is -0.0515. The zero-order chi connectivity index (χ0) is 17.4. The third kappa shape index (κ3) is 3.52. The van der Waals surface area contributed by atoms with E-state index in [2.05, 4.69) is 4.74 Å². The largest absolute Gasteiger partial charge is 0.508 e. The van der Waals surface area contributed by atoms with Crippen LogP contribution in [0.25, 0.3) is 22.3 Å². The Morgan fingerprint density at radius 2 is 1.92 bits per heavy atom. The van der Waals surface area contributed by atoms with Crippen LogP contribution in [-0.4, -0.2) is 18.3 Å². The normalized spacial score (nSPS) is 14.2. The van der Waals surface area contributed by atoms with E-state index in [0.29, 0.717) is 29.4 Å². The van der Waals surface area contributed by atoms with Gasteiger partial charge in [0.2, 0.25) is 0 Å². The van der Waals surface area contributed by atoms with Gasteiger partial charge in [0.25, 0.3) is 0 Å². The molecule has 0 unspecified atom stereocenters. The van der Waals surface area contributed by atoms with Gasteiger partial charge >= 0.3 is 6.61 Å². The minimum Gasteiger partial charge on any atom is -0.508 e. The molecule has 0 spiro atoms. The molecule has 1 saturated carbocycles. The van der Waals surface area contributed by atoms with E-state index < -0.39 is 6.61 Å². The molecule has 130 valence electrons. The summed E-state index contributed by atoms with van der Waals surface area (Å²) in [6.07, 6.45) is 2.19. The van der Waals surface area contributed by atoms with Gasteiger partial charge in [-0.05, 0) is 55.2 Å². The fraction of sp³-hybridized carbons (Fsp3) is 0.263. The lowest BCUT2D eigenvalue weighted by atomic mass is 10.1. The summed E-state index contributed by atoms with van der Waals surface area (Å²) < 4.78 is 41.1.